The molecule has 1 atom stereocenters. The van der Waals surface area contributed by atoms with Crippen molar-refractivity contribution in [1.82, 2.24) is 15.1 Å². The summed E-state index contributed by atoms with van der Waals surface area (Å²) in [6.07, 6.45) is 2.33. The van der Waals surface area contributed by atoms with Gasteiger partial charge in [0, 0.05) is 24.0 Å². The van der Waals surface area contributed by atoms with E-state index in [2.05, 4.69) is 27.7 Å². The van der Waals surface area contributed by atoms with Crippen LogP contribution in [0.3, 0.4) is 0 Å². The molecule has 0 radical (unpaired) electrons. The van der Waals surface area contributed by atoms with Gasteiger partial charge in [0.15, 0.2) is 0 Å². The molecule has 0 bridgehead atoms. The van der Waals surface area contributed by atoms with Crippen LogP contribution in [0.15, 0.2) is 17.5 Å². The maximum Gasteiger partial charge on any atom is 0.325 e. The number of thiophene rings is 1. The summed E-state index contributed by atoms with van der Waals surface area (Å²) in [5.74, 6) is -0.126. The molecule has 21 heavy (non-hydrogen) atoms. The molecule has 2 fully saturated rings. The minimum Gasteiger partial charge on any atom is -0.324 e. The monoisotopic (exact) mass is 307 g/mol. The molecule has 0 spiro atoms. The van der Waals surface area contributed by atoms with Crippen LogP contribution in [-0.2, 0) is 4.79 Å². The van der Waals surface area contributed by atoms with Crippen molar-refractivity contribution in [2.24, 2.45) is 0 Å². The number of nitrogens with zero attached hydrogens (tertiary/aromatic N) is 2. The summed E-state index contributed by atoms with van der Waals surface area (Å²) in [4.78, 5) is 29.2. The minimum absolute atomic E-state index is 0.126. The zero-order valence-corrected chi connectivity index (χ0v) is 13.3. The summed E-state index contributed by atoms with van der Waals surface area (Å²) in [6, 6.07) is 4.43. The Labute approximate surface area is 128 Å². The highest BCUT2D eigenvalue weighted by molar-refractivity contribution is 7.10. The first-order chi connectivity index (χ1) is 9.99. The first-order valence-corrected chi connectivity index (χ1v) is 8.28. The van der Waals surface area contributed by atoms with E-state index in [-0.39, 0.29) is 11.9 Å². The highest BCUT2D eigenvalue weighted by Crippen LogP contribution is 2.34. The summed E-state index contributed by atoms with van der Waals surface area (Å²) in [5, 5.41) is 4.83. The van der Waals surface area contributed by atoms with E-state index in [9.17, 15) is 9.59 Å². The number of urea groups is 1. The summed E-state index contributed by atoms with van der Waals surface area (Å²) in [5.41, 5.74) is -0.769. The van der Waals surface area contributed by atoms with Gasteiger partial charge >= 0.3 is 6.03 Å². The molecule has 3 amide bonds. The zero-order chi connectivity index (χ0) is 15.0. The fraction of sp³-hybridized carbons (Fsp3) is 0.600. The quantitative estimate of drug-likeness (QED) is 0.868. The maximum absolute atomic E-state index is 12.2. The lowest BCUT2D eigenvalue weighted by Crippen LogP contribution is -2.41. The molecule has 114 valence electrons. The third-order valence-corrected chi connectivity index (χ3v) is 5.26. The van der Waals surface area contributed by atoms with Crippen molar-refractivity contribution >= 4 is 23.3 Å². The number of rotatable bonds is 4. The molecule has 3 heterocycles. The van der Waals surface area contributed by atoms with E-state index in [4.69, 9.17) is 0 Å². The summed E-state index contributed by atoms with van der Waals surface area (Å²) in [6.45, 7) is 5.75. The number of nitrogens with one attached hydrogen (secondary N) is 1. The van der Waals surface area contributed by atoms with Crippen molar-refractivity contribution < 1.29 is 9.59 Å². The molecule has 1 aromatic rings. The molecule has 2 aliphatic heterocycles. The van der Waals surface area contributed by atoms with E-state index in [1.165, 1.54) is 16.2 Å². The predicted molar refractivity (Wildman–Crippen MR) is 82.2 cm³/mol. The van der Waals surface area contributed by atoms with Crippen molar-refractivity contribution in [2.75, 3.05) is 19.6 Å². The van der Waals surface area contributed by atoms with E-state index in [1.807, 2.05) is 0 Å². The Balaban J connectivity index is 1.63. The Morgan fingerprint density at radius 2 is 2.19 bits per heavy atom. The fourth-order valence-corrected chi connectivity index (χ4v) is 4.04. The van der Waals surface area contributed by atoms with Crippen LogP contribution in [0, 0.1) is 0 Å². The van der Waals surface area contributed by atoms with E-state index in [0.717, 1.165) is 19.5 Å². The minimum atomic E-state index is -0.769. The van der Waals surface area contributed by atoms with Crippen LogP contribution in [0.4, 0.5) is 4.79 Å². The Morgan fingerprint density at radius 3 is 2.81 bits per heavy atom. The third-order valence-electron chi connectivity index (χ3n) is 4.29. The largest absolute Gasteiger partial charge is 0.325 e. The molecule has 0 unspecified atom stereocenters. The molecule has 1 aromatic heterocycles. The van der Waals surface area contributed by atoms with Gasteiger partial charge in [-0.15, -0.1) is 11.3 Å². The number of hydrogen-bond acceptors (Lipinski definition) is 4. The second kappa shape index (κ2) is 5.42. The van der Waals surface area contributed by atoms with Crippen molar-refractivity contribution in [3.63, 3.8) is 0 Å². The van der Waals surface area contributed by atoms with E-state index in [1.54, 1.807) is 25.2 Å². The van der Waals surface area contributed by atoms with Gasteiger partial charge in [0.2, 0.25) is 0 Å². The number of amides is 3. The normalized spacial score (nSPS) is 25.6. The van der Waals surface area contributed by atoms with Gasteiger partial charge in [0.05, 0.1) is 0 Å². The second-order valence-electron chi connectivity index (χ2n) is 6.22. The van der Waals surface area contributed by atoms with Crippen LogP contribution >= 0.6 is 11.3 Å². The van der Waals surface area contributed by atoms with Crippen LogP contribution in [-0.4, -0.2) is 46.9 Å². The van der Waals surface area contributed by atoms with Crippen LogP contribution in [0.2, 0.25) is 0 Å². The lowest BCUT2D eigenvalue weighted by atomic mass is 10.1. The topological polar surface area (TPSA) is 52.7 Å². The molecular weight excluding hydrogens is 286 g/mol. The van der Waals surface area contributed by atoms with Crippen LogP contribution in [0.1, 0.15) is 37.6 Å². The summed E-state index contributed by atoms with van der Waals surface area (Å²) < 4.78 is 0. The average Bonchev–Trinajstić information content (AvgIpc) is 3.10. The van der Waals surface area contributed by atoms with Gasteiger partial charge in [-0.05, 0) is 44.7 Å². The number of likely N-dealkylation sites (tertiary alicyclic amines) is 1. The Kier molecular flexibility index (Phi) is 3.75. The summed E-state index contributed by atoms with van der Waals surface area (Å²) >= 11 is 1.78. The average molecular weight is 307 g/mol. The van der Waals surface area contributed by atoms with Crippen LogP contribution < -0.4 is 5.32 Å². The predicted octanol–water partition coefficient (Wildman–Crippen LogP) is 2.22. The molecule has 1 N–H and O–H groups in total. The van der Waals surface area contributed by atoms with Gasteiger partial charge in [-0.2, -0.15) is 0 Å². The van der Waals surface area contributed by atoms with Crippen molar-refractivity contribution in [2.45, 2.75) is 38.3 Å². The Bertz CT molecular complexity index is 541. The van der Waals surface area contributed by atoms with E-state index in [0.29, 0.717) is 12.6 Å². The molecule has 2 aliphatic rings. The number of carbonyl (C=O) groups is 2. The van der Waals surface area contributed by atoms with Gasteiger partial charge in [-0.3, -0.25) is 14.6 Å². The Morgan fingerprint density at radius 1 is 1.38 bits per heavy atom. The second-order valence-corrected chi connectivity index (χ2v) is 7.20. The number of imide groups is 1. The smallest absolute Gasteiger partial charge is 0.324 e. The number of hydrogen-bond donors (Lipinski definition) is 1. The molecule has 2 saturated heterocycles. The molecule has 0 saturated carbocycles. The van der Waals surface area contributed by atoms with Gasteiger partial charge in [-0.25, -0.2) is 4.79 Å². The lowest BCUT2D eigenvalue weighted by Gasteiger charge is -2.25. The van der Waals surface area contributed by atoms with Crippen LogP contribution in [0.25, 0.3) is 0 Å². The summed E-state index contributed by atoms with van der Waals surface area (Å²) in [7, 11) is 0. The van der Waals surface area contributed by atoms with E-state index < -0.39 is 5.54 Å². The highest BCUT2D eigenvalue weighted by atomic mass is 32.1. The first kappa shape index (κ1) is 14.5. The fourth-order valence-electron chi connectivity index (χ4n) is 3.15. The van der Waals surface area contributed by atoms with E-state index >= 15 is 0 Å². The standard InChI is InChI=1S/C15H21N3O2S/c1-15(2)13(19)18(14(20)16-15)9-8-17-7-3-5-11(17)12-6-4-10-21-12/h4,6,10-11H,3,5,7-9H2,1-2H3,(H,16,20)/t11-/m1/s1. The zero-order valence-electron chi connectivity index (χ0n) is 12.5. The van der Waals surface area contributed by atoms with Crippen molar-refractivity contribution in [3.8, 4) is 0 Å². The van der Waals surface area contributed by atoms with Gasteiger partial charge in [0.25, 0.3) is 5.91 Å². The molecule has 0 aromatic carbocycles. The highest BCUT2D eigenvalue weighted by Gasteiger charge is 2.44. The maximum atomic E-state index is 12.2. The molecule has 3 rings (SSSR count). The lowest BCUT2D eigenvalue weighted by molar-refractivity contribution is -0.130. The van der Waals surface area contributed by atoms with Crippen molar-refractivity contribution in [1.29, 1.82) is 0 Å². The molecular formula is C15H21N3O2S. The van der Waals surface area contributed by atoms with Crippen molar-refractivity contribution in [3.05, 3.63) is 22.4 Å². The Hall–Kier alpha value is -1.40. The molecule has 0 aliphatic carbocycles. The molecule has 6 heteroatoms. The third kappa shape index (κ3) is 2.70. The number of carbonyl (C=O) groups excluding carboxylic acids is 2. The van der Waals surface area contributed by atoms with Gasteiger partial charge < -0.3 is 5.32 Å². The SMILES string of the molecule is CC1(C)NC(=O)N(CCN2CCC[C@@H]2c2cccs2)C1=O. The first-order valence-electron chi connectivity index (χ1n) is 7.40. The molecule has 5 nitrogen and oxygen atoms in total. The van der Waals surface area contributed by atoms with Gasteiger partial charge in [0.1, 0.15) is 5.54 Å². The van der Waals surface area contributed by atoms with Crippen LogP contribution in [0.5, 0.6) is 0 Å². The van der Waals surface area contributed by atoms with Gasteiger partial charge in [-0.1, -0.05) is 6.07 Å².